The van der Waals surface area contributed by atoms with E-state index in [9.17, 15) is 4.79 Å². The maximum absolute atomic E-state index is 10.4. The summed E-state index contributed by atoms with van der Waals surface area (Å²) >= 11 is 0. The van der Waals surface area contributed by atoms with E-state index in [2.05, 4.69) is 15.5 Å². The number of carbonyl (C=O) groups is 1. The van der Waals surface area contributed by atoms with E-state index in [1.807, 2.05) is 30.3 Å². The third-order valence-corrected chi connectivity index (χ3v) is 2.16. The number of anilines is 1. The van der Waals surface area contributed by atoms with Gasteiger partial charge in [0, 0.05) is 5.69 Å². The smallest absolute Gasteiger partial charge is 0.409 e. The highest BCUT2D eigenvalue weighted by Gasteiger charge is 1.97. The van der Waals surface area contributed by atoms with Crippen molar-refractivity contribution in [2.45, 2.75) is 0 Å². The minimum absolute atomic E-state index is 0.501. The van der Waals surface area contributed by atoms with Crippen molar-refractivity contribution >= 4 is 23.2 Å². The van der Waals surface area contributed by atoms with E-state index in [-0.39, 0.29) is 0 Å². The maximum atomic E-state index is 10.4. The van der Waals surface area contributed by atoms with Crippen molar-refractivity contribution in [3.63, 3.8) is 0 Å². The molecule has 0 aliphatic heterocycles. The molecule has 18 heavy (non-hydrogen) atoms. The van der Waals surface area contributed by atoms with E-state index in [4.69, 9.17) is 5.11 Å². The van der Waals surface area contributed by atoms with Gasteiger partial charge in [0.1, 0.15) is 0 Å². The molecule has 0 aliphatic rings. The van der Waals surface area contributed by atoms with Crippen molar-refractivity contribution in [1.82, 2.24) is 0 Å². The Morgan fingerprint density at radius 2 is 1.44 bits per heavy atom. The number of azo groups is 1. The number of hydrogen-bond donors (Lipinski definition) is 2. The zero-order valence-corrected chi connectivity index (χ0v) is 9.45. The highest BCUT2D eigenvalue weighted by atomic mass is 16.4. The Balaban J connectivity index is 2.06. The minimum Gasteiger partial charge on any atom is -0.465 e. The van der Waals surface area contributed by atoms with E-state index in [0.717, 1.165) is 5.69 Å². The predicted molar refractivity (Wildman–Crippen MR) is 68.7 cm³/mol. The Bertz CT molecular complexity index is 550. The van der Waals surface area contributed by atoms with Crippen LogP contribution in [0.5, 0.6) is 0 Å². The molecule has 0 aliphatic carbocycles. The van der Waals surface area contributed by atoms with E-state index in [1.54, 1.807) is 24.3 Å². The van der Waals surface area contributed by atoms with Crippen LogP contribution in [0.3, 0.4) is 0 Å². The summed E-state index contributed by atoms with van der Waals surface area (Å²) < 4.78 is 0. The molecule has 90 valence electrons. The van der Waals surface area contributed by atoms with Crippen molar-refractivity contribution in [3.05, 3.63) is 54.6 Å². The molecule has 2 aromatic carbocycles. The molecule has 0 bridgehead atoms. The average Bonchev–Trinajstić information content (AvgIpc) is 2.38. The molecule has 1 amide bonds. The van der Waals surface area contributed by atoms with Gasteiger partial charge in [-0.15, -0.1) is 0 Å². The quantitative estimate of drug-likeness (QED) is 0.790. The van der Waals surface area contributed by atoms with Gasteiger partial charge < -0.3 is 5.11 Å². The van der Waals surface area contributed by atoms with Gasteiger partial charge in [0.2, 0.25) is 0 Å². The number of rotatable bonds is 3. The first kappa shape index (κ1) is 11.8. The molecule has 0 saturated carbocycles. The average molecular weight is 241 g/mol. The second-order valence-corrected chi connectivity index (χ2v) is 3.51. The van der Waals surface area contributed by atoms with Crippen LogP contribution in [0, 0.1) is 0 Å². The minimum atomic E-state index is -1.09. The Hall–Kier alpha value is -2.69. The standard InChI is InChI=1S/C13H11N3O2/c17-13(18)14-10-6-8-12(9-7-10)16-15-11-4-2-1-3-5-11/h1-9,14H,(H,17,18). The van der Waals surface area contributed by atoms with E-state index < -0.39 is 6.09 Å². The molecule has 0 aromatic heterocycles. The van der Waals surface area contributed by atoms with Crippen LogP contribution in [0.15, 0.2) is 64.8 Å². The van der Waals surface area contributed by atoms with Crippen molar-refractivity contribution in [3.8, 4) is 0 Å². The highest BCUT2D eigenvalue weighted by Crippen LogP contribution is 2.19. The molecule has 0 unspecified atom stereocenters. The van der Waals surface area contributed by atoms with Crippen molar-refractivity contribution in [2.75, 3.05) is 5.32 Å². The van der Waals surface area contributed by atoms with Gasteiger partial charge in [-0.25, -0.2) is 4.79 Å². The van der Waals surface area contributed by atoms with Gasteiger partial charge in [-0.05, 0) is 36.4 Å². The topological polar surface area (TPSA) is 74.0 Å². The van der Waals surface area contributed by atoms with Gasteiger partial charge in [0.05, 0.1) is 11.4 Å². The first-order chi connectivity index (χ1) is 8.74. The fourth-order valence-electron chi connectivity index (χ4n) is 1.35. The molecular formula is C13H11N3O2. The molecule has 0 heterocycles. The molecule has 5 heteroatoms. The van der Waals surface area contributed by atoms with Crippen molar-refractivity contribution < 1.29 is 9.90 Å². The molecule has 0 fully saturated rings. The lowest BCUT2D eigenvalue weighted by Gasteiger charge is -1.99. The number of nitrogens with zero attached hydrogens (tertiary/aromatic N) is 2. The molecule has 0 spiro atoms. The second kappa shape index (κ2) is 5.58. The van der Waals surface area contributed by atoms with Crippen LogP contribution in [0.2, 0.25) is 0 Å². The van der Waals surface area contributed by atoms with E-state index >= 15 is 0 Å². The lowest BCUT2D eigenvalue weighted by molar-refractivity contribution is 0.210. The van der Waals surface area contributed by atoms with Crippen molar-refractivity contribution in [1.29, 1.82) is 0 Å². The summed E-state index contributed by atoms with van der Waals surface area (Å²) in [7, 11) is 0. The lowest BCUT2D eigenvalue weighted by Crippen LogP contribution is -2.06. The predicted octanol–water partition coefficient (Wildman–Crippen LogP) is 4.19. The third kappa shape index (κ3) is 3.41. The van der Waals surface area contributed by atoms with Gasteiger partial charge in [-0.3, -0.25) is 5.32 Å². The molecule has 0 saturated heterocycles. The zero-order valence-electron chi connectivity index (χ0n) is 9.45. The van der Waals surface area contributed by atoms with Crippen LogP contribution in [-0.4, -0.2) is 11.2 Å². The lowest BCUT2D eigenvalue weighted by atomic mass is 10.3. The van der Waals surface area contributed by atoms with Gasteiger partial charge >= 0.3 is 6.09 Å². The van der Waals surface area contributed by atoms with Gasteiger partial charge in [-0.2, -0.15) is 10.2 Å². The van der Waals surface area contributed by atoms with Crippen LogP contribution >= 0.6 is 0 Å². The Kier molecular flexibility index (Phi) is 3.66. The fraction of sp³-hybridized carbons (Fsp3) is 0. The summed E-state index contributed by atoms with van der Waals surface area (Å²) in [5.41, 5.74) is 1.93. The molecule has 2 rings (SSSR count). The van der Waals surface area contributed by atoms with E-state index in [0.29, 0.717) is 11.4 Å². The van der Waals surface area contributed by atoms with Gasteiger partial charge in [-0.1, -0.05) is 18.2 Å². The SMILES string of the molecule is O=C(O)Nc1ccc(N=Nc2ccccc2)cc1. The number of carboxylic acid groups (broad SMARTS) is 1. The second-order valence-electron chi connectivity index (χ2n) is 3.51. The largest absolute Gasteiger partial charge is 0.465 e. The zero-order chi connectivity index (χ0) is 12.8. The van der Waals surface area contributed by atoms with E-state index in [1.165, 1.54) is 0 Å². The summed E-state index contributed by atoms with van der Waals surface area (Å²) in [6, 6.07) is 16.0. The Labute approximate surface area is 104 Å². The van der Waals surface area contributed by atoms with Crippen LogP contribution in [0.4, 0.5) is 21.9 Å². The molecule has 2 N–H and O–H groups in total. The molecule has 0 atom stereocenters. The molecule has 0 radical (unpaired) electrons. The van der Waals surface area contributed by atoms with Crippen LogP contribution in [0.25, 0.3) is 0 Å². The molecule has 2 aromatic rings. The number of nitrogens with one attached hydrogen (secondary N) is 1. The monoisotopic (exact) mass is 241 g/mol. The molecular weight excluding hydrogens is 230 g/mol. The first-order valence-corrected chi connectivity index (χ1v) is 5.31. The van der Waals surface area contributed by atoms with Crippen LogP contribution in [-0.2, 0) is 0 Å². The number of amides is 1. The summed E-state index contributed by atoms with van der Waals surface area (Å²) in [5, 5.41) is 18.9. The third-order valence-electron chi connectivity index (χ3n) is 2.16. The summed E-state index contributed by atoms with van der Waals surface area (Å²) in [6.45, 7) is 0. The molecule has 5 nitrogen and oxygen atoms in total. The number of hydrogen-bond acceptors (Lipinski definition) is 3. The van der Waals surface area contributed by atoms with Gasteiger partial charge in [0.15, 0.2) is 0 Å². The maximum Gasteiger partial charge on any atom is 0.409 e. The van der Waals surface area contributed by atoms with Crippen molar-refractivity contribution in [2.24, 2.45) is 10.2 Å². The Morgan fingerprint density at radius 1 is 0.889 bits per heavy atom. The Morgan fingerprint density at radius 3 is 2.00 bits per heavy atom. The summed E-state index contributed by atoms with van der Waals surface area (Å²) in [6.07, 6.45) is -1.09. The number of benzene rings is 2. The normalized spacial score (nSPS) is 10.4. The van der Waals surface area contributed by atoms with Crippen LogP contribution in [0.1, 0.15) is 0 Å². The highest BCUT2D eigenvalue weighted by molar-refractivity contribution is 5.82. The summed E-state index contributed by atoms with van der Waals surface area (Å²) in [5.74, 6) is 0. The summed E-state index contributed by atoms with van der Waals surface area (Å²) in [4.78, 5) is 10.4. The first-order valence-electron chi connectivity index (χ1n) is 5.31. The van der Waals surface area contributed by atoms with Crippen LogP contribution < -0.4 is 5.32 Å². The fourth-order valence-corrected chi connectivity index (χ4v) is 1.35. The van der Waals surface area contributed by atoms with Gasteiger partial charge in [0.25, 0.3) is 0 Å².